The second kappa shape index (κ2) is 6.61. The topological polar surface area (TPSA) is 32.3 Å². The molecule has 2 nitrogen and oxygen atoms in total. The van der Waals surface area contributed by atoms with Crippen molar-refractivity contribution in [2.24, 2.45) is 11.8 Å². The molecule has 0 heterocycles. The molecule has 2 N–H and O–H groups in total. The highest BCUT2D eigenvalue weighted by Crippen LogP contribution is 2.34. The predicted octanol–water partition coefficient (Wildman–Crippen LogP) is 2.95. The summed E-state index contributed by atoms with van der Waals surface area (Å²) in [7, 11) is 0. The lowest BCUT2D eigenvalue weighted by Crippen LogP contribution is -2.52. The van der Waals surface area contributed by atoms with Crippen molar-refractivity contribution in [3.8, 4) is 0 Å². The van der Waals surface area contributed by atoms with Crippen molar-refractivity contribution in [3.63, 3.8) is 0 Å². The second-order valence-corrected chi connectivity index (χ2v) is 5.95. The van der Waals surface area contributed by atoms with Gasteiger partial charge >= 0.3 is 0 Å². The van der Waals surface area contributed by atoms with Crippen LogP contribution >= 0.6 is 0 Å². The van der Waals surface area contributed by atoms with E-state index in [1.54, 1.807) is 0 Å². The van der Waals surface area contributed by atoms with E-state index >= 15 is 0 Å². The van der Waals surface area contributed by atoms with Crippen LogP contribution in [0.5, 0.6) is 0 Å². The van der Waals surface area contributed by atoms with Crippen LogP contribution in [-0.2, 0) is 0 Å². The molecule has 0 atom stereocenters. The SMILES string of the molecule is CCCC1CCC(CO)(NCC(C)C)CC1. The monoisotopic (exact) mass is 227 g/mol. The maximum atomic E-state index is 9.61. The Balaban J connectivity index is 2.38. The molecule has 1 fully saturated rings. The highest BCUT2D eigenvalue weighted by atomic mass is 16.3. The fourth-order valence-corrected chi connectivity index (χ4v) is 2.74. The van der Waals surface area contributed by atoms with Gasteiger partial charge in [-0.05, 0) is 44.1 Å². The van der Waals surface area contributed by atoms with Gasteiger partial charge in [0.1, 0.15) is 0 Å². The minimum absolute atomic E-state index is 0.0362. The lowest BCUT2D eigenvalue weighted by molar-refractivity contribution is 0.0973. The lowest BCUT2D eigenvalue weighted by Gasteiger charge is -2.40. The molecule has 0 unspecified atom stereocenters. The van der Waals surface area contributed by atoms with Crippen LogP contribution in [0.15, 0.2) is 0 Å². The van der Waals surface area contributed by atoms with E-state index in [1.807, 2.05) is 0 Å². The number of nitrogens with one attached hydrogen (secondary N) is 1. The minimum atomic E-state index is 0.0362. The van der Waals surface area contributed by atoms with Crippen LogP contribution in [0.25, 0.3) is 0 Å². The van der Waals surface area contributed by atoms with Gasteiger partial charge < -0.3 is 10.4 Å². The molecule has 0 radical (unpaired) electrons. The first-order valence-corrected chi connectivity index (χ1v) is 6.98. The van der Waals surface area contributed by atoms with Crippen LogP contribution in [0, 0.1) is 11.8 Å². The van der Waals surface area contributed by atoms with Crippen molar-refractivity contribution in [1.82, 2.24) is 5.32 Å². The summed E-state index contributed by atoms with van der Waals surface area (Å²) in [6, 6.07) is 0. The summed E-state index contributed by atoms with van der Waals surface area (Å²) < 4.78 is 0. The maximum absolute atomic E-state index is 9.61. The van der Waals surface area contributed by atoms with Crippen LogP contribution in [0.1, 0.15) is 59.3 Å². The third-order valence-corrected chi connectivity index (χ3v) is 3.95. The summed E-state index contributed by atoms with van der Waals surface area (Å²) in [5.41, 5.74) is 0.0362. The summed E-state index contributed by atoms with van der Waals surface area (Å²) in [4.78, 5) is 0. The summed E-state index contributed by atoms with van der Waals surface area (Å²) in [5.74, 6) is 1.57. The van der Waals surface area contributed by atoms with Crippen molar-refractivity contribution >= 4 is 0 Å². The van der Waals surface area contributed by atoms with Crippen LogP contribution in [0.3, 0.4) is 0 Å². The number of hydrogen-bond donors (Lipinski definition) is 2. The van der Waals surface area contributed by atoms with Gasteiger partial charge in [0.15, 0.2) is 0 Å². The Bertz CT molecular complexity index is 183. The highest BCUT2D eigenvalue weighted by molar-refractivity contribution is 4.92. The van der Waals surface area contributed by atoms with E-state index in [0.29, 0.717) is 12.5 Å². The van der Waals surface area contributed by atoms with E-state index in [0.717, 1.165) is 25.3 Å². The lowest BCUT2D eigenvalue weighted by atomic mass is 9.75. The molecular weight excluding hydrogens is 198 g/mol. The third kappa shape index (κ3) is 4.06. The smallest absolute Gasteiger partial charge is 0.0613 e. The van der Waals surface area contributed by atoms with Crippen molar-refractivity contribution in [2.75, 3.05) is 13.2 Å². The van der Waals surface area contributed by atoms with Gasteiger partial charge in [-0.2, -0.15) is 0 Å². The molecule has 1 saturated carbocycles. The fourth-order valence-electron chi connectivity index (χ4n) is 2.74. The zero-order valence-corrected chi connectivity index (χ0v) is 11.3. The molecule has 1 rings (SSSR count). The number of aliphatic hydroxyl groups is 1. The zero-order valence-electron chi connectivity index (χ0n) is 11.3. The standard InChI is InChI=1S/C14H29NO/c1-4-5-13-6-8-14(11-16,9-7-13)15-10-12(2)3/h12-13,15-16H,4-11H2,1-3H3. The molecule has 0 amide bonds. The van der Waals surface area contributed by atoms with Gasteiger partial charge in [-0.3, -0.25) is 0 Å². The first-order chi connectivity index (χ1) is 7.62. The van der Waals surface area contributed by atoms with Crippen molar-refractivity contribution < 1.29 is 5.11 Å². The molecule has 0 aromatic rings. The summed E-state index contributed by atoms with van der Waals surface area (Å²) in [5, 5.41) is 13.2. The van der Waals surface area contributed by atoms with Gasteiger partial charge in [0.05, 0.1) is 6.61 Å². The normalized spacial score (nSPS) is 30.9. The zero-order chi connectivity index (χ0) is 12.0. The molecule has 0 aliphatic heterocycles. The van der Waals surface area contributed by atoms with Crippen LogP contribution in [0.4, 0.5) is 0 Å². The molecule has 0 aromatic carbocycles. The first kappa shape index (κ1) is 14.0. The number of rotatable bonds is 6. The Hall–Kier alpha value is -0.0800. The van der Waals surface area contributed by atoms with Gasteiger partial charge in [-0.25, -0.2) is 0 Å². The van der Waals surface area contributed by atoms with Gasteiger partial charge in [0.25, 0.3) is 0 Å². The molecule has 0 saturated heterocycles. The molecule has 1 aliphatic carbocycles. The van der Waals surface area contributed by atoms with Crippen molar-refractivity contribution in [3.05, 3.63) is 0 Å². The fraction of sp³-hybridized carbons (Fsp3) is 1.00. The van der Waals surface area contributed by atoms with E-state index in [4.69, 9.17) is 0 Å². The number of hydrogen-bond acceptors (Lipinski definition) is 2. The molecule has 0 bridgehead atoms. The van der Waals surface area contributed by atoms with Crippen LogP contribution in [0.2, 0.25) is 0 Å². The Morgan fingerprint density at radius 2 is 1.94 bits per heavy atom. The largest absolute Gasteiger partial charge is 0.394 e. The quantitative estimate of drug-likeness (QED) is 0.731. The average molecular weight is 227 g/mol. The Morgan fingerprint density at radius 1 is 1.31 bits per heavy atom. The van der Waals surface area contributed by atoms with Gasteiger partial charge in [0.2, 0.25) is 0 Å². The molecular formula is C14H29NO. The summed E-state index contributed by atoms with van der Waals surface area (Å²) in [6.07, 6.45) is 7.56. The highest BCUT2D eigenvalue weighted by Gasteiger charge is 2.33. The van der Waals surface area contributed by atoms with E-state index < -0.39 is 0 Å². The molecule has 1 aliphatic rings. The van der Waals surface area contributed by atoms with Gasteiger partial charge in [-0.1, -0.05) is 33.6 Å². The van der Waals surface area contributed by atoms with E-state index in [9.17, 15) is 5.11 Å². The van der Waals surface area contributed by atoms with Crippen molar-refractivity contribution in [2.45, 2.75) is 64.8 Å². The molecule has 0 aromatic heterocycles. The van der Waals surface area contributed by atoms with Crippen molar-refractivity contribution in [1.29, 1.82) is 0 Å². The molecule has 0 spiro atoms. The summed E-state index contributed by atoms with van der Waals surface area (Å²) >= 11 is 0. The number of aliphatic hydroxyl groups excluding tert-OH is 1. The Morgan fingerprint density at radius 3 is 2.38 bits per heavy atom. The molecule has 2 heteroatoms. The van der Waals surface area contributed by atoms with Gasteiger partial charge in [0, 0.05) is 5.54 Å². The second-order valence-electron chi connectivity index (χ2n) is 5.95. The predicted molar refractivity (Wildman–Crippen MR) is 69.5 cm³/mol. The van der Waals surface area contributed by atoms with E-state index in [-0.39, 0.29) is 5.54 Å². The third-order valence-electron chi connectivity index (χ3n) is 3.95. The van der Waals surface area contributed by atoms with E-state index in [1.165, 1.54) is 25.7 Å². The maximum Gasteiger partial charge on any atom is 0.0613 e. The first-order valence-electron chi connectivity index (χ1n) is 6.98. The van der Waals surface area contributed by atoms with Crippen LogP contribution < -0.4 is 5.32 Å². The summed E-state index contributed by atoms with van der Waals surface area (Å²) in [6.45, 7) is 8.05. The average Bonchev–Trinajstić information content (AvgIpc) is 2.29. The minimum Gasteiger partial charge on any atom is -0.394 e. The van der Waals surface area contributed by atoms with Crippen LogP contribution in [-0.4, -0.2) is 23.8 Å². The van der Waals surface area contributed by atoms with E-state index in [2.05, 4.69) is 26.1 Å². The van der Waals surface area contributed by atoms with Gasteiger partial charge in [-0.15, -0.1) is 0 Å². The Labute approximate surface area is 101 Å². The Kier molecular flexibility index (Phi) is 5.77. The molecule has 16 heavy (non-hydrogen) atoms. The molecule has 96 valence electrons.